The minimum atomic E-state index is -0.367. The van der Waals surface area contributed by atoms with Crippen molar-refractivity contribution in [3.63, 3.8) is 0 Å². The van der Waals surface area contributed by atoms with Crippen molar-refractivity contribution in [2.45, 2.75) is 32.4 Å². The summed E-state index contributed by atoms with van der Waals surface area (Å²) in [6, 6.07) is 0. The number of aliphatic hydroxyl groups is 1. The molecule has 0 saturated heterocycles. The average molecular weight is 193 g/mol. The van der Waals surface area contributed by atoms with Gasteiger partial charge in [-0.15, -0.1) is 0 Å². The second-order valence-electron chi connectivity index (χ2n) is 3.66. The molecule has 0 bridgehead atoms. The highest BCUT2D eigenvalue weighted by molar-refractivity contribution is 5.32. The molecule has 0 fully saturated rings. The van der Waals surface area contributed by atoms with Crippen molar-refractivity contribution in [2.24, 2.45) is 0 Å². The van der Waals surface area contributed by atoms with Crippen LogP contribution in [0.4, 0.5) is 0 Å². The van der Waals surface area contributed by atoms with E-state index in [1.165, 1.54) is 0 Å². The van der Waals surface area contributed by atoms with Crippen LogP contribution < -0.4 is 5.32 Å². The molecule has 4 nitrogen and oxygen atoms in total. The summed E-state index contributed by atoms with van der Waals surface area (Å²) in [5, 5.41) is 12.8. The van der Waals surface area contributed by atoms with Crippen LogP contribution in [0.15, 0.2) is 0 Å². The van der Waals surface area contributed by atoms with E-state index in [4.69, 9.17) is 0 Å². The molecular weight excluding hydrogens is 178 g/mol. The molecule has 4 heteroatoms. The first kappa shape index (κ1) is 9.55. The summed E-state index contributed by atoms with van der Waals surface area (Å²) in [5.41, 5.74) is 2.92. The van der Waals surface area contributed by atoms with Gasteiger partial charge in [0.25, 0.3) is 0 Å². The van der Waals surface area contributed by atoms with Crippen LogP contribution in [0.1, 0.15) is 35.3 Å². The monoisotopic (exact) mass is 193 g/mol. The van der Waals surface area contributed by atoms with Crippen molar-refractivity contribution in [3.8, 4) is 0 Å². The summed E-state index contributed by atoms with van der Waals surface area (Å²) in [5.74, 6) is 0.795. The Hall–Kier alpha value is -1.00. The van der Waals surface area contributed by atoms with Gasteiger partial charge >= 0.3 is 0 Å². The third-order valence-electron chi connectivity index (χ3n) is 2.55. The predicted octanol–water partition coefficient (Wildman–Crippen LogP) is 0.484. The molecule has 14 heavy (non-hydrogen) atoms. The molecule has 2 N–H and O–H groups in total. The van der Waals surface area contributed by atoms with Gasteiger partial charge < -0.3 is 10.4 Å². The molecule has 0 amide bonds. The van der Waals surface area contributed by atoms with Crippen LogP contribution in [0.5, 0.6) is 0 Å². The van der Waals surface area contributed by atoms with Crippen LogP contribution in [0.3, 0.4) is 0 Å². The summed E-state index contributed by atoms with van der Waals surface area (Å²) in [6.45, 7) is 2.59. The van der Waals surface area contributed by atoms with E-state index in [0.717, 1.165) is 35.6 Å². The molecule has 1 unspecified atom stereocenters. The van der Waals surface area contributed by atoms with Crippen molar-refractivity contribution in [3.05, 3.63) is 22.8 Å². The predicted molar refractivity (Wildman–Crippen MR) is 52.8 cm³/mol. The lowest BCUT2D eigenvalue weighted by molar-refractivity contribution is 0.178. The van der Waals surface area contributed by atoms with Gasteiger partial charge in [-0.05, 0) is 26.8 Å². The highest BCUT2D eigenvalue weighted by Crippen LogP contribution is 2.31. The SMILES string of the molecule is CNCc1nc(C)nc2c1C(O)CC2. The van der Waals surface area contributed by atoms with Gasteiger partial charge in [-0.3, -0.25) is 0 Å². The summed E-state index contributed by atoms with van der Waals surface area (Å²) >= 11 is 0. The van der Waals surface area contributed by atoms with Crippen molar-refractivity contribution in [1.82, 2.24) is 15.3 Å². The van der Waals surface area contributed by atoms with Crippen molar-refractivity contribution in [2.75, 3.05) is 7.05 Å². The van der Waals surface area contributed by atoms with Crippen LogP contribution in [0.2, 0.25) is 0 Å². The number of nitrogens with zero attached hydrogens (tertiary/aromatic N) is 2. The van der Waals surface area contributed by atoms with Gasteiger partial charge in [0.2, 0.25) is 0 Å². The first-order valence-electron chi connectivity index (χ1n) is 4.91. The molecule has 0 saturated carbocycles. The largest absolute Gasteiger partial charge is 0.388 e. The number of nitrogens with one attached hydrogen (secondary N) is 1. The summed E-state index contributed by atoms with van der Waals surface area (Å²) in [6.07, 6.45) is 1.29. The molecule has 1 atom stereocenters. The molecule has 1 heterocycles. The molecule has 1 aromatic rings. The van der Waals surface area contributed by atoms with Crippen molar-refractivity contribution < 1.29 is 5.11 Å². The zero-order valence-electron chi connectivity index (χ0n) is 8.54. The summed E-state index contributed by atoms with van der Waals surface area (Å²) in [4.78, 5) is 8.70. The molecule has 1 aliphatic rings. The lowest BCUT2D eigenvalue weighted by Gasteiger charge is -2.10. The Kier molecular flexibility index (Phi) is 2.48. The first-order valence-corrected chi connectivity index (χ1v) is 4.91. The van der Waals surface area contributed by atoms with Gasteiger partial charge in [-0.2, -0.15) is 0 Å². The fourth-order valence-electron chi connectivity index (χ4n) is 2.00. The van der Waals surface area contributed by atoms with E-state index in [9.17, 15) is 5.11 Å². The van der Waals surface area contributed by atoms with E-state index in [1.807, 2.05) is 14.0 Å². The van der Waals surface area contributed by atoms with Gasteiger partial charge in [-0.25, -0.2) is 9.97 Å². The number of fused-ring (bicyclic) bond motifs is 1. The van der Waals surface area contributed by atoms with Gasteiger partial charge in [0.15, 0.2) is 0 Å². The lowest BCUT2D eigenvalue weighted by Crippen LogP contribution is -2.13. The van der Waals surface area contributed by atoms with Gasteiger partial charge in [0, 0.05) is 12.1 Å². The first-order chi connectivity index (χ1) is 6.72. The van der Waals surface area contributed by atoms with E-state index in [2.05, 4.69) is 15.3 Å². The van der Waals surface area contributed by atoms with E-state index in [0.29, 0.717) is 6.54 Å². The van der Waals surface area contributed by atoms with Crippen LogP contribution in [-0.4, -0.2) is 22.1 Å². The topological polar surface area (TPSA) is 58.0 Å². The fraction of sp³-hybridized carbons (Fsp3) is 0.600. The number of aliphatic hydroxyl groups excluding tert-OH is 1. The van der Waals surface area contributed by atoms with Crippen molar-refractivity contribution >= 4 is 0 Å². The highest BCUT2D eigenvalue weighted by Gasteiger charge is 2.25. The maximum atomic E-state index is 9.77. The number of aryl methyl sites for hydroxylation is 2. The maximum Gasteiger partial charge on any atom is 0.125 e. The second kappa shape index (κ2) is 3.63. The third-order valence-corrected chi connectivity index (χ3v) is 2.55. The van der Waals surface area contributed by atoms with E-state index < -0.39 is 0 Å². The molecule has 0 spiro atoms. The Balaban J connectivity index is 2.47. The molecule has 0 aliphatic heterocycles. The highest BCUT2D eigenvalue weighted by atomic mass is 16.3. The van der Waals surface area contributed by atoms with Crippen LogP contribution >= 0.6 is 0 Å². The normalized spacial score (nSPS) is 19.8. The Morgan fingerprint density at radius 3 is 3.00 bits per heavy atom. The molecule has 76 valence electrons. The Bertz CT molecular complexity index is 351. The minimum absolute atomic E-state index is 0.367. The van der Waals surface area contributed by atoms with Gasteiger partial charge in [0.05, 0.1) is 17.5 Å². The molecule has 2 rings (SSSR count). The summed E-state index contributed by atoms with van der Waals surface area (Å²) in [7, 11) is 1.88. The van der Waals surface area contributed by atoms with Crippen LogP contribution in [0, 0.1) is 6.92 Å². The van der Waals surface area contributed by atoms with Gasteiger partial charge in [0.1, 0.15) is 5.82 Å². The number of rotatable bonds is 2. The van der Waals surface area contributed by atoms with E-state index in [1.54, 1.807) is 0 Å². The Morgan fingerprint density at radius 1 is 1.50 bits per heavy atom. The molecule has 1 aliphatic carbocycles. The quantitative estimate of drug-likeness (QED) is 0.717. The van der Waals surface area contributed by atoms with Crippen LogP contribution in [0.25, 0.3) is 0 Å². The number of hydrogen-bond donors (Lipinski definition) is 2. The average Bonchev–Trinajstić information content (AvgIpc) is 2.48. The van der Waals surface area contributed by atoms with E-state index in [-0.39, 0.29) is 6.10 Å². The maximum absolute atomic E-state index is 9.77. The number of hydrogen-bond acceptors (Lipinski definition) is 4. The smallest absolute Gasteiger partial charge is 0.125 e. The summed E-state index contributed by atoms with van der Waals surface area (Å²) < 4.78 is 0. The molecular formula is C10H15N3O. The molecule has 0 radical (unpaired) electrons. The fourth-order valence-corrected chi connectivity index (χ4v) is 2.00. The van der Waals surface area contributed by atoms with E-state index >= 15 is 0 Å². The zero-order chi connectivity index (χ0) is 10.1. The van der Waals surface area contributed by atoms with Gasteiger partial charge in [-0.1, -0.05) is 0 Å². The Morgan fingerprint density at radius 2 is 2.29 bits per heavy atom. The lowest BCUT2D eigenvalue weighted by atomic mass is 10.1. The number of aromatic nitrogens is 2. The molecule has 1 aromatic heterocycles. The zero-order valence-corrected chi connectivity index (χ0v) is 8.54. The van der Waals surface area contributed by atoms with Crippen molar-refractivity contribution in [1.29, 1.82) is 0 Å². The third kappa shape index (κ3) is 1.51. The van der Waals surface area contributed by atoms with Crippen LogP contribution in [-0.2, 0) is 13.0 Å². The Labute approximate surface area is 83.4 Å². The molecule has 0 aromatic carbocycles. The second-order valence-corrected chi connectivity index (χ2v) is 3.66. The minimum Gasteiger partial charge on any atom is -0.388 e. The standard InChI is InChI=1S/C10H15N3O/c1-6-12-7-3-4-9(14)10(7)8(13-6)5-11-2/h9,11,14H,3-5H2,1-2H3.